The molecule has 61 heavy (non-hydrogen) atoms. The fourth-order valence-corrected chi connectivity index (χ4v) is 15.3. The van der Waals surface area contributed by atoms with Crippen molar-refractivity contribution in [3.63, 3.8) is 0 Å². The number of fused-ring (bicyclic) bond motifs is 5. The van der Waals surface area contributed by atoms with Gasteiger partial charge in [-0.2, -0.15) is 0 Å². The molecule has 3 saturated carbocycles. The summed E-state index contributed by atoms with van der Waals surface area (Å²) in [6.45, 7) is 26.0. The number of hydrogen-bond donors (Lipinski definition) is 3. The molecular formula is C51H91N3O5S2. The van der Waals surface area contributed by atoms with E-state index in [9.17, 15) is 19.5 Å². The van der Waals surface area contributed by atoms with E-state index in [-0.39, 0.29) is 24.1 Å². The molecule has 11 atom stereocenters. The van der Waals surface area contributed by atoms with Gasteiger partial charge in [0.05, 0.1) is 0 Å². The van der Waals surface area contributed by atoms with Gasteiger partial charge in [0.25, 0.3) is 0 Å². The SMILES string of the molecule is CC[C@H](CC[C@@H](C)[C@H]1CC[C@H]2[C@@H]3CC=C4C[C@@H](SSCCC(=O)N(CCCCCCCC(C)NC(=O)OC(C)(C)C)CCC(C)NC(=O)O)CC[C@]4(C)[C@H]3CC[C@]12C)C(C)C. The third kappa shape index (κ3) is 15.3. The maximum Gasteiger partial charge on any atom is 0.407 e. The van der Waals surface area contributed by atoms with Gasteiger partial charge in [0.2, 0.25) is 5.91 Å². The van der Waals surface area contributed by atoms with Gasteiger partial charge in [0, 0.05) is 42.6 Å². The van der Waals surface area contributed by atoms with E-state index in [1.165, 1.54) is 70.6 Å². The highest BCUT2D eigenvalue weighted by Gasteiger charge is 2.59. The Morgan fingerprint density at radius 2 is 1.57 bits per heavy atom. The van der Waals surface area contributed by atoms with Crippen LogP contribution in [0.1, 0.15) is 198 Å². The normalized spacial score (nSPS) is 29.3. The maximum absolute atomic E-state index is 13.6. The highest BCUT2D eigenvalue weighted by Crippen LogP contribution is 2.68. The minimum absolute atomic E-state index is 0.0664. The standard InChI is InChI=1S/C51H91N3O5S2/c1-12-39(35(2)3)20-19-36(4)43-23-24-44-42-22-21-40-34-41(25-29-50(40,10)45(42)26-30-51(43,44)11)61-60-33-28-46(55)54(32-27-38(6)52-47(56)57)31-17-15-13-14-16-18-37(5)53-48(58)59-49(7,8)9/h21,35-39,41-45,52H,12-20,22-34H2,1-11H3,(H,53,58)(H,56,57)/t36-,37?,38?,39-,41+,42+,43-,44+,45+,50+,51-/m1/s1. The number of rotatable bonds is 24. The van der Waals surface area contributed by atoms with E-state index in [1.54, 1.807) is 5.57 Å². The summed E-state index contributed by atoms with van der Waals surface area (Å²) in [4.78, 5) is 38.8. The van der Waals surface area contributed by atoms with Crippen LogP contribution in [0.3, 0.4) is 0 Å². The van der Waals surface area contributed by atoms with Crippen LogP contribution in [0.4, 0.5) is 9.59 Å². The van der Waals surface area contributed by atoms with Crippen molar-refractivity contribution in [2.75, 3.05) is 18.8 Å². The molecule has 4 rings (SSSR count). The Bertz CT molecular complexity index is 1420. The lowest BCUT2D eigenvalue weighted by Gasteiger charge is -2.58. The quantitative estimate of drug-likeness (QED) is 0.0503. The molecule has 4 aliphatic carbocycles. The zero-order valence-electron chi connectivity index (χ0n) is 40.8. The Morgan fingerprint density at radius 1 is 0.869 bits per heavy atom. The van der Waals surface area contributed by atoms with Crippen molar-refractivity contribution in [2.45, 2.75) is 221 Å². The molecule has 2 unspecified atom stereocenters. The van der Waals surface area contributed by atoms with Crippen molar-refractivity contribution in [2.24, 2.45) is 52.3 Å². The van der Waals surface area contributed by atoms with Crippen LogP contribution in [0, 0.1) is 52.3 Å². The molecule has 0 spiro atoms. The lowest BCUT2D eigenvalue weighted by atomic mass is 9.47. The zero-order valence-corrected chi connectivity index (χ0v) is 42.4. The summed E-state index contributed by atoms with van der Waals surface area (Å²) in [5.74, 6) is 7.02. The Labute approximate surface area is 381 Å². The molecule has 0 radical (unpaired) electrons. The molecule has 0 aliphatic heterocycles. The average molecular weight is 890 g/mol. The number of nitrogens with one attached hydrogen (secondary N) is 2. The number of carbonyl (C=O) groups excluding carboxylic acids is 2. The molecule has 0 aromatic heterocycles. The predicted octanol–water partition coefficient (Wildman–Crippen LogP) is 13.9. The molecule has 0 aromatic rings. The number of nitrogens with zero attached hydrogens (tertiary/aromatic N) is 1. The number of carboxylic acid groups (broad SMARTS) is 1. The molecule has 8 nitrogen and oxygen atoms in total. The summed E-state index contributed by atoms with van der Waals surface area (Å²) < 4.78 is 5.37. The first kappa shape index (κ1) is 52.1. The van der Waals surface area contributed by atoms with Crippen LogP contribution >= 0.6 is 21.6 Å². The predicted molar refractivity (Wildman–Crippen MR) is 259 cm³/mol. The second kappa shape index (κ2) is 24.1. The molecule has 3 N–H and O–H groups in total. The van der Waals surface area contributed by atoms with Crippen LogP contribution < -0.4 is 10.6 Å². The van der Waals surface area contributed by atoms with Crippen LogP contribution in [0.5, 0.6) is 0 Å². The third-order valence-corrected chi connectivity index (χ3v) is 19.2. The smallest absolute Gasteiger partial charge is 0.407 e. The van der Waals surface area contributed by atoms with E-state index >= 15 is 0 Å². The van der Waals surface area contributed by atoms with Crippen LogP contribution in [0.15, 0.2) is 11.6 Å². The number of alkyl carbamates (subject to hydrolysis) is 1. The minimum atomic E-state index is -1.02. The van der Waals surface area contributed by atoms with E-state index in [1.807, 2.05) is 61.1 Å². The second-order valence-electron chi connectivity index (χ2n) is 22.1. The third-order valence-electron chi connectivity index (χ3n) is 16.3. The van der Waals surface area contributed by atoms with Gasteiger partial charge in [0.15, 0.2) is 0 Å². The van der Waals surface area contributed by atoms with Crippen LogP contribution in [0.25, 0.3) is 0 Å². The molecule has 0 bridgehead atoms. The lowest BCUT2D eigenvalue weighted by Crippen LogP contribution is -2.50. The fraction of sp³-hybridized carbons (Fsp3) is 0.902. The van der Waals surface area contributed by atoms with Crippen molar-refractivity contribution in [3.05, 3.63) is 11.6 Å². The van der Waals surface area contributed by atoms with Crippen LogP contribution in [-0.2, 0) is 9.53 Å². The topological polar surface area (TPSA) is 108 Å². The van der Waals surface area contributed by atoms with Crippen molar-refractivity contribution < 1.29 is 24.2 Å². The number of ether oxygens (including phenoxy) is 1. The van der Waals surface area contributed by atoms with Gasteiger partial charge in [-0.25, -0.2) is 9.59 Å². The van der Waals surface area contributed by atoms with Crippen molar-refractivity contribution in [1.82, 2.24) is 15.5 Å². The number of amides is 3. The second-order valence-corrected chi connectivity index (χ2v) is 24.9. The highest BCUT2D eigenvalue weighted by atomic mass is 33.1. The summed E-state index contributed by atoms with van der Waals surface area (Å²) >= 11 is 0. The first-order valence-corrected chi connectivity index (χ1v) is 27.4. The molecule has 4 aliphatic rings. The summed E-state index contributed by atoms with van der Waals surface area (Å²) in [6.07, 6.45) is 23.5. The van der Waals surface area contributed by atoms with E-state index < -0.39 is 11.7 Å². The van der Waals surface area contributed by atoms with Gasteiger partial charge < -0.3 is 25.4 Å². The summed E-state index contributed by atoms with van der Waals surface area (Å²) in [7, 11) is 3.91. The Balaban J connectivity index is 1.20. The van der Waals surface area contributed by atoms with Crippen molar-refractivity contribution in [3.8, 4) is 0 Å². The molecule has 0 aromatic carbocycles. The molecule has 0 heterocycles. The summed E-state index contributed by atoms with van der Waals surface area (Å²) in [5, 5.41) is 15.3. The van der Waals surface area contributed by atoms with Gasteiger partial charge in [-0.15, -0.1) is 0 Å². The largest absolute Gasteiger partial charge is 0.465 e. The molecule has 10 heteroatoms. The Hall–Kier alpha value is -1.55. The number of allylic oxidation sites excluding steroid dienone is 2. The number of carbonyl (C=O) groups is 3. The van der Waals surface area contributed by atoms with Gasteiger partial charge in [-0.05, 0) is 164 Å². The zero-order chi connectivity index (χ0) is 45.0. The Morgan fingerprint density at radius 3 is 2.26 bits per heavy atom. The molecule has 352 valence electrons. The van der Waals surface area contributed by atoms with E-state index in [0.717, 1.165) is 85.7 Å². The van der Waals surface area contributed by atoms with Gasteiger partial charge in [-0.3, -0.25) is 4.79 Å². The maximum atomic E-state index is 13.6. The average Bonchev–Trinajstić information content (AvgIpc) is 3.53. The van der Waals surface area contributed by atoms with Crippen LogP contribution in [0.2, 0.25) is 0 Å². The van der Waals surface area contributed by atoms with E-state index in [2.05, 4.69) is 58.3 Å². The van der Waals surface area contributed by atoms with Crippen LogP contribution in [-0.4, -0.2) is 69.9 Å². The first-order valence-electron chi connectivity index (χ1n) is 25.0. The van der Waals surface area contributed by atoms with E-state index in [4.69, 9.17) is 4.74 Å². The monoisotopic (exact) mass is 890 g/mol. The molecular weight excluding hydrogens is 799 g/mol. The Kier molecular flexibility index (Phi) is 20.6. The summed E-state index contributed by atoms with van der Waals surface area (Å²) in [6, 6.07) is -0.137. The highest BCUT2D eigenvalue weighted by molar-refractivity contribution is 8.76. The van der Waals surface area contributed by atoms with Gasteiger partial charge in [-0.1, -0.05) is 113 Å². The van der Waals surface area contributed by atoms with Crippen molar-refractivity contribution in [1.29, 1.82) is 0 Å². The van der Waals surface area contributed by atoms with Gasteiger partial charge >= 0.3 is 12.2 Å². The van der Waals surface area contributed by atoms with Crippen molar-refractivity contribution >= 4 is 39.7 Å². The van der Waals surface area contributed by atoms with E-state index in [0.29, 0.717) is 42.0 Å². The fourth-order valence-electron chi connectivity index (χ4n) is 12.7. The molecule has 3 amide bonds. The number of hydrogen-bond acceptors (Lipinski definition) is 6. The van der Waals surface area contributed by atoms with Gasteiger partial charge in [0.1, 0.15) is 5.60 Å². The lowest BCUT2D eigenvalue weighted by molar-refractivity contribution is -0.131. The minimum Gasteiger partial charge on any atom is -0.465 e. The number of unbranched alkanes of at least 4 members (excludes halogenated alkanes) is 4. The first-order chi connectivity index (χ1) is 28.8. The molecule has 0 saturated heterocycles. The molecule has 3 fully saturated rings. The summed E-state index contributed by atoms with van der Waals surface area (Å²) in [5.41, 5.74) is 2.14.